The molecule has 0 radical (unpaired) electrons. The van der Waals surface area contributed by atoms with E-state index in [2.05, 4.69) is 15.2 Å². The van der Waals surface area contributed by atoms with Crippen molar-refractivity contribution in [2.75, 3.05) is 46.2 Å². The van der Waals surface area contributed by atoms with E-state index in [4.69, 9.17) is 23.2 Å². The molecule has 0 amide bonds. The second-order valence-corrected chi connectivity index (χ2v) is 22.6. The van der Waals surface area contributed by atoms with E-state index >= 15 is 9.59 Å². The van der Waals surface area contributed by atoms with E-state index in [1.54, 1.807) is 26.8 Å². The number of nitrogens with zero attached hydrogens (tertiary/aromatic N) is 6. The fourth-order valence-electron chi connectivity index (χ4n) is 7.93. The van der Waals surface area contributed by atoms with Crippen LogP contribution >= 0.6 is 0 Å². The standard InChI is InChI=1S/C39H56N6O9Si/c1-14-15-18-50-34-27-31(53-42-34)29(45(10)11)23-20-38(21-41-43-40)19-22-24(44(8)9)16-17-25(51-35(49)52-36(2,3)4)26(22)30(46)28(38)33(48)39(23,32(27)47)54-55(12,13)37(5,6)7/h16-17,23,29,46H,14-15,18-21H2,1-13H3/t23-,29-,38-,39+/m0/s1. The number of fused-ring (bicyclic) bond motifs is 4. The molecule has 5 rings (SSSR count). The first-order chi connectivity index (χ1) is 25.5. The van der Waals surface area contributed by atoms with E-state index in [1.807, 2.05) is 78.8 Å². The number of aliphatic hydroxyl groups excluding tert-OH is 1. The van der Waals surface area contributed by atoms with Gasteiger partial charge in [-0.2, -0.15) is 0 Å². The number of Topliss-reactive ketones (excluding diaryl/α,β-unsaturated/α-hetero) is 2. The normalized spacial score (nSPS) is 23.7. The number of hydrogen-bond acceptors (Lipinski definition) is 13. The van der Waals surface area contributed by atoms with Crippen LogP contribution in [0.4, 0.5) is 10.5 Å². The quantitative estimate of drug-likeness (QED) is 0.0337. The summed E-state index contributed by atoms with van der Waals surface area (Å²) in [4.78, 5) is 51.4. The van der Waals surface area contributed by atoms with Crippen molar-refractivity contribution in [1.82, 2.24) is 10.1 Å². The molecule has 3 aliphatic rings. The lowest BCUT2D eigenvalue weighted by atomic mass is 9.51. The Morgan fingerprint density at radius 3 is 2.35 bits per heavy atom. The molecule has 1 aromatic heterocycles. The minimum atomic E-state index is -3.02. The van der Waals surface area contributed by atoms with Crippen molar-refractivity contribution in [2.45, 2.75) is 110 Å². The first-order valence-corrected chi connectivity index (χ1v) is 21.7. The molecule has 0 unspecified atom stereocenters. The maximum atomic E-state index is 16.0. The van der Waals surface area contributed by atoms with Crippen LogP contribution in [0.15, 0.2) is 27.3 Å². The van der Waals surface area contributed by atoms with Crippen LogP contribution in [0.2, 0.25) is 18.1 Å². The first kappa shape index (κ1) is 41.8. The fraction of sp³-hybridized carbons (Fsp3) is 0.641. The van der Waals surface area contributed by atoms with Gasteiger partial charge in [-0.05, 0) is 101 Å². The van der Waals surface area contributed by atoms with Crippen LogP contribution in [0.3, 0.4) is 0 Å². The molecule has 1 aromatic carbocycles. The van der Waals surface area contributed by atoms with Gasteiger partial charge in [0, 0.05) is 48.1 Å². The number of aliphatic hydroxyl groups is 1. The summed E-state index contributed by atoms with van der Waals surface area (Å²) in [6.07, 6.45) is 0.683. The molecule has 0 spiro atoms. The molecule has 0 aliphatic heterocycles. The van der Waals surface area contributed by atoms with Gasteiger partial charge in [0.25, 0.3) is 5.88 Å². The minimum Gasteiger partial charge on any atom is -0.507 e. The van der Waals surface area contributed by atoms with Crippen LogP contribution in [-0.4, -0.2) is 93.7 Å². The van der Waals surface area contributed by atoms with Gasteiger partial charge in [0.2, 0.25) is 11.6 Å². The van der Waals surface area contributed by atoms with E-state index in [1.165, 1.54) is 6.07 Å². The predicted octanol–water partition coefficient (Wildman–Crippen LogP) is 8.20. The van der Waals surface area contributed by atoms with Crippen molar-refractivity contribution < 1.29 is 42.6 Å². The number of benzene rings is 1. The maximum Gasteiger partial charge on any atom is 0.514 e. The van der Waals surface area contributed by atoms with Gasteiger partial charge in [0.05, 0.1) is 18.2 Å². The molecule has 0 bridgehead atoms. The zero-order valence-electron chi connectivity index (χ0n) is 34.4. The van der Waals surface area contributed by atoms with Crippen molar-refractivity contribution >= 4 is 37.5 Å². The minimum absolute atomic E-state index is 0.0217. The second-order valence-electron chi connectivity index (χ2n) is 17.9. The summed E-state index contributed by atoms with van der Waals surface area (Å²) < 4.78 is 30.4. The molecule has 1 N–H and O–H groups in total. The summed E-state index contributed by atoms with van der Waals surface area (Å²) in [5.41, 5.74) is 6.56. The molecule has 15 nitrogen and oxygen atoms in total. The summed E-state index contributed by atoms with van der Waals surface area (Å²) in [6, 6.07) is 2.56. The molecule has 1 heterocycles. The van der Waals surface area contributed by atoms with Crippen LogP contribution in [0.1, 0.15) is 101 Å². The number of anilines is 1. The van der Waals surface area contributed by atoms with Gasteiger partial charge < -0.3 is 33.2 Å². The smallest absolute Gasteiger partial charge is 0.507 e. The Balaban J connectivity index is 1.88. The average Bonchev–Trinajstić information content (AvgIpc) is 3.46. The molecule has 55 heavy (non-hydrogen) atoms. The summed E-state index contributed by atoms with van der Waals surface area (Å²) in [7, 11) is 4.30. The summed E-state index contributed by atoms with van der Waals surface area (Å²) in [6.45, 7) is 17.1. The van der Waals surface area contributed by atoms with Gasteiger partial charge in [-0.15, -0.1) is 0 Å². The van der Waals surface area contributed by atoms with E-state index in [0.717, 1.165) is 6.42 Å². The summed E-state index contributed by atoms with van der Waals surface area (Å²) in [5.74, 6) is -2.62. The van der Waals surface area contributed by atoms with Crippen molar-refractivity contribution in [3.63, 3.8) is 0 Å². The lowest BCUT2D eigenvalue weighted by Gasteiger charge is -2.58. The van der Waals surface area contributed by atoms with Crippen LogP contribution in [0.25, 0.3) is 16.2 Å². The number of ketones is 2. The molecule has 300 valence electrons. The lowest BCUT2D eigenvalue weighted by Crippen LogP contribution is -2.70. The van der Waals surface area contributed by atoms with Gasteiger partial charge >= 0.3 is 6.16 Å². The van der Waals surface area contributed by atoms with E-state index < -0.39 is 65.4 Å². The SMILES string of the molecule is CCCCOc1noc2c1C(=O)[C@@]1(O[Si](C)(C)C(C)(C)C)C(=O)C3=C(O)c4c(OC(=O)OC(C)(C)C)ccc(N(C)C)c4C[C@@]3(CN=[N+]=[N-])C[C@H]1[C@@H]2N(C)C. The third-order valence-electron chi connectivity index (χ3n) is 11.4. The number of rotatable bonds is 11. The molecule has 1 fully saturated rings. The van der Waals surface area contributed by atoms with E-state index in [0.29, 0.717) is 17.7 Å². The molecule has 2 aromatic rings. The first-order valence-electron chi connectivity index (χ1n) is 18.8. The zero-order valence-corrected chi connectivity index (χ0v) is 35.4. The molecular weight excluding hydrogens is 725 g/mol. The van der Waals surface area contributed by atoms with Crippen molar-refractivity contribution in [3.05, 3.63) is 50.6 Å². The average molecular weight is 781 g/mol. The van der Waals surface area contributed by atoms with Crippen LogP contribution < -0.4 is 14.4 Å². The highest BCUT2D eigenvalue weighted by molar-refractivity contribution is 6.74. The molecule has 4 atom stereocenters. The third-order valence-corrected chi connectivity index (χ3v) is 15.8. The second kappa shape index (κ2) is 14.6. The Hall–Kier alpha value is -4.37. The topological polar surface area (TPSA) is 190 Å². The summed E-state index contributed by atoms with van der Waals surface area (Å²) >= 11 is 0. The largest absolute Gasteiger partial charge is 0.514 e. The lowest BCUT2D eigenvalue weighted by molar-refractivity contribution is -0.143. The number of azide groups is 1. The van der Waals surface area contributed by atoms with Gasteiger partial charge in [0.1, 0.15) is 22.7 Å². The van der Waals surface area contributed by atoms with Crippen LogP contribution in [-0.2, 0) is 20.4 Å². The number of ether oxygens (including phenoxy) is 3. The fourth-order valence-corrected chi connectivity index (χ4v) is 9.38. The Morgan fingerprint density at radius 2 is 1.78 bits per heavy atom. The van der Waals surface area contributed by atoms with Crippen molar-refractivity contribution in [3.8, 4) is 11.6 Å². The molecule has 16 heteroatoms. The molecule has 0 saturated heterocycles. The highest BCUT2D eigenvalue weighted by Crippen LogP contribution is 2.63. The van der Waals surface area contributed by atoms with Gasteiger partial charge in [0.15, 0.2) is 19.7 Å². The van der Waals surface area contributed by atoms with Gasteiger partial charge in [-0.25, -0.2) is 4.79 Å². The molecule has 3 aliphatic carbocycles. The van der Waals surface area contributed by atoms with E-state index in [9.17, 15) is 15.4 Å². The number of unbranched alkanes of at least 4 members (excludes halogenated alkanes) is 1. The van der Waals surface area contributed by atoms with Crippen molar-refractivity contribution in [1.29, 1.82) is 0 Å². The van der Waals surface area contributed by atoms with Crippen molar-refractivity contribution in [2.24, 2.45) is 16.4 Å². The highest BCUT2D eigenvalue weighted by atomic mass is 28.4. The Morgan fingerprint density at radius 1 is 1.11 bits per heavy atom. The number of carbonyl (C=O) groups excluding carboxylic acids is 3. The monoisotopic (exact) mass is 780 g/mol. The van der Waals surface area contributed by atoms with Gasteiger partial charge in [-0.1, -0.05) is 39.2 Å². The van der Waals surface area contributed by atoms with Gasteiger partial charge in [-0.3, -0.25) is 14.5 Å². The van der Waals surface area contributed by atoms with Crippen LogP contribution in [0, 0.1) is 11.3 Å². The number of aromatic nitrogens is 1. The molecule has 1 saturated carbocycles. The molecular formula is C39H56N6O9Si. The Bertz CT molecular complexity index is 1950. The Labute approximate surface area is 324 Å². The number of hydrogen-bond donors (Lipinski definition) is 1. The Kier molecular flexibility index (Phi) is 11.1. The zero-order chi connectivity index (χ0) is 41.1. The maximum absolute atomic E-state index is 16.0. The third kappa shape index (κ3) is 7.13. The predicted molar refractivity (Wildman–Crippen MR) is 209 cm³/mol. The number of carbonyl (C=O) groups is 3. The highest BCUT2D eigenvalue weighted by Gasteiger charge is 2.71. The summed E-state index contributed by atoms with van der Waals surface area (Å²) in [5, 5.41) is 20.4. The van der Waals surface area contributed by atoms with Crippen LogP contribution in [0.5, 0.6) is 11.6 Å². The van der Waals surface area contributed by atoms with E-state index in [-0.39, 0.29) is 60.1 Å².